The van der Waals surface area contributed by atoms with E-state index in [1.54, 1.807) is 0 Å². The molecule has 0 aromatic carbocycles. The van der Waals surface area contributed by atoms with Gasteiger partial charge in [-0.2, -0.15) is 10.2 Å². The number of piperazine rings is 1. The zero-order valence-electron chi connectivity index (χ0n) is 15.3. The van der Waals surface area contributed by atoms with Crippen molar-refractivity contribution in [2.75, 3.05) is 31.1 Å². The van der Waals surface area contributed by atoms with Crippen molar-refractivity contribution in [3.63, 3.8) is 0 Å². The van der Waals surface area contributed by atoms with Crippen molar-refractivity contribution < 1.29 is 0 Å². The summed E-state index contributed by atoms with van der Waals surface area (Å²) >= 11 is 0. The molecule has 4 aromatic rings. The monoisotopic (exact) mass is 362 g/mol. The number of aryl methyl sites for hydroxylation is 1. The molecule has 0 spiro atoms. The Kier molecular flexibility index (Phi) is 3.90. The number of rotatable bonds is 4. The minimum atomic E-state index is 0.900. The van der Waals surface area contributed by atoms with Crippen LogP contribution in [0.15, 0.2) is 55.6 Å². The lowest BCUT2D eigenvalue weighted by Crippen LogP contribution is -2.46. The third-order valence-electron chi connectivity index (χ3n) is 5.17. The summed E-state index contributed by atoms with van der Waals surface area (Å²) in [4.78, 5) is 8.99. The van der Waals surface area contributed by atoms with E-state index in [1.807, 2.05) is 53.6 Å². The average molecular weight is 362 g/mol. The van der Waals surface area contributed by atoms with Crippen molar-refractivity contribution in [2.45, 2.75) is 6.67 Å². The van der Waals surface area contributed by atoms with Crippen LogP contribution in [0.1, 0.15) is 0 Å². The highest BCUT2D eigenvalue weighted by Crippen LogP contribution is 2.26. The highest BCUT2D eigenvalue weighted by Gasteiger charge is 2.20. The van der Waals surface area contributed by atoms with Crippen LogP contribution in [-0.4, -0.2) is 60.0 Å². The minimum Gasteiger partial charge on any atom is -0.366 e. The summed E-state index contributed by atoms with van der Waals surface area (Å²) in [5.74, 6) is 0. The molecule has 0 amide bonds. The fraction of sp³-hybridized carbons (Fsp3) is 0.316. The zero-order chi connectivity index (χ0) is 18.2. The van der Waals surface area contributed by atoms with Crippen molar-refractivity contribution in [1.29, 1.82) is 0 Å². The van der Waals surface area contributed by atoms with E-state index in [1.165, 1.54) is 5.69 Å². The molecule has 0 atom stereocenters. The molecule has 1 aliphatic heterocycles. The molecule has 8 nitrogen and oxygen atoms in total. The molecule has 1 saturated heterocycles. The van der Waals surface area contributed by atoms with Crippen LogP contribution < -0.4 is 4.90 Å². The largest absolute Gasteiger partial charge is 0.366 e. The van der Waals surface area contributed by atoms with Gasteiger partial charge in [0, 0.05) is 69.1 Å². The number of hydrogen-bond donors (Lipinski definition) is 0. The Balaban J connectivity index is 1.32. The normalized spacial score (nSPS) is 15.7. The Morgan fingerprint density at radius 1 is 0.963 bits per heavy atom. The van der Waals surface area contributed by atoms with E-state index in [2.05, 4.69) is 47.9 Å². The lowest BCUT2D eigenvalue weighted by Gasteiger charge is -2.35. The second kappa shape index (κ2) is 6.55. The standard InChI is InChI=1S/C19H22N8/c1-23-12-17(10-21-23)16-2-3-18-19(11-22-27(18)13-16)26-8-6-24(7-9-26)15-25-5-4-20-14-25/h2-5,10-14H,6-9,15H2,1H3. The predicted molar refractivity (Wildman–Crippen MR) is 103 cm³/mol. The first kappa shape index (κ1) is 16.1. The fourth-order valence-electron chi connectivity index (χ4n) is 3.69. The molecule has 1 aliphatic rings. The maximum atomic E-state index is 4.59. The van der Waals surface area contributed by atoms with Gasteiger partial charge in [0.2, 0.25) is 0 Å². The van der Waals surface area contributed by atoms with Crippen molar-refractivity contribution in [2.24, 2.45) is 7.05 Å². The molecule has 27 heavy (non-hydrogen) atoms. The van der Waals surface area contributed by atoms with E-state index in [0.717, 1.165) is 49.5 Å². The Morgan fingerprint density at radius 2 is 1.85 bits per heavy atom. The van der Waals surface area contributed by atoms with Crippen molar-refractivity contribution >= 4 is 11.2 Å². The molecule has 0 aliphatic carbocycles. The molecule has 5 heterocycles. The van der Waals surface area contributed by atoms with Gasteiger partial charge in [-0.25, -0.2) is 9.50 Å². The number of anilines is 1. The SMILES string of the molecule is Cn1cc(-c2ccc3c(N4CCN(Cn5ccnc5)CC4)cnn3c2)cn1. The van der Waals surface area contributed by atoms with Gasteiger partial charge in [0.15, 0.2) is 0 Å². The lowest BCUT2D eigenvalue weighted by atomic mass is 10.1. The molecular formula is C19H22N8. The topological polar surface area (TPSA) is 59.4 Å². The van der Waals surface area contributed by atoms with Crippen LogP contribution in [0.5, 0.6) is 0 Å². The molecule has 0 saturated carbocycles. The first-order chi connectivity index (χ1) is 13.3. The van der Waals surface area contributed by atoms with Crippen molar-refractivity contribution in [3.05, 3.63) is 55.6 Å². The highest BCUT2D eigenvalue weighted by molar-refractivity contribution is 5.75. The van der Waals surface area contributed by atoms with Gasteiger partial charge in [-0.05, 0) is 6.07 Å². The van der Waals surface area contributed by atoms with E-state index in [0.29, 0.717) is 0 Å². The van der Waals surface area contributed by atoms with E-state index in [9.17, 15) is 0 Å². The molecule has 0 radical (unpaired) electrons. The van der Waals surface area contributed by atoms with Crippen LogP contribution in [0.25, 0.3) is 16.6 Å². The first-order valence-electron chi connectivity index (χ1n) is 9.16. The summed E-state index contributed by atoms with van der Waals surface area (Å²) in [6, 6.07) is 4.30. The van der Waals surface area contributed by atoms with Gasteiger partial charge in [-0.15, -0.1) is 0 Å². The van der Waals surface area contributed by atoms with Gasteiger partial charge < -0.3 is 9.47 Å². The maximum absolute atomic E-state index is 4.59. The van der Waals surface area contributed by atoms with Crippen LogP contribution in [0.4, 0.5) is 5.69 Å². The van der Waals surface area contributed by atoms with Gasteiger partial charge in [-0.3, -0.25) is 9.58 Å². The zero-order valence-corrected chi connectivity index (χ0v) is 15.3. The number of aromatic nitrogens is 6. The Labute approximate surface area is 157 Å². The van der Waals surface area contributed by atoms with Gasteiger partial charge in [0.25, 0.3) is 0 Å². The summed E-state index contributed by atoms with van der Waals surface area (Å²) in [6.45, 7) is 4.96. The quantitative estimate of drug-likeness (QED) is 0.553. The molecule has 0 N–H and O–H groups in total. The molecular weight excluding hydrogens is 340 g/mol. The minimum absolute atomic E-state index is 0.900. The smallest absolute Gasteiger partial charge is 0.0956 e. The van der Waals surface area contributed by atoms with Crippen molar-refractivity contribution in [1.82, 2.24) is 33.8 Å². The second-order valence-corrected chi connectivity index (χ2v) is 7.00. The maximum Gasteiger partial charge on any atom is 0.0956 e. The van der Waals surface area contributed by atoms with Crippen molar-refractivity contribution in [3.8, 4) is 11.1 Å². The highest BCUT2D eigenvalue weighted by atomic mass is 15.3. The third kappa shape index (κ3) is 3.08. The molecule has 5 rings (SSSR count). The van der Waals surface area contributed by atoms with E-state index < -0.39 is 0 Å². The second-order valence-electron chi connectivity index (χ2n) is 7.00. The summed E-state index contributed by atoms with van der Waals surface area (Å²) in [5.41, 5.74) is 4.57. The summed E-state index contributed by atoms with van der Waals surface area (Å²) in [6.07, 6.45) is 13.7. The van der Waals surface area contributed by atoms with Gasteiger partial charge in [-0.1, -0.05) is 6.07 Å². The fourth-order valence-corrected chi connectivity index (χ4v) is 3.69. The van der Waals surface area contributed by atoms with Gasteiger partial charge in [0.05, 0.1) is 36.6 Å². The molecule has 138 valence electrons. The average Bonchev–Trinajstić information content (AvgIpc) is 3.43. The van der Waals surface area contributed by atoms with Gasteiger partial charge in [0.1, 0.15) is 0 Å². The number of fused-ring (bicyclic) bond motifs is 1. The van der Waals surface area contributed by atoms with E-state index in [4.69, 9.17) is 0 Å². The van der Waals surface area contributed by atoms with Crippen LogP contribution in [0.3, 0.4) is 0 Å². The Hall–Kier alpha value is -3.13. The number of imidazole rings is 1. The Morgan fingerprint density at radius 3 is 2.59 bits per heavy atom. The first-order valence-corrected chi connectivity index (χ1v) is 9.16. The molecule has 0 bridgehead atoms. The third-order valence-corrected chi connectivity index (χ3v) is 5.17. The van der Waals surface area contributed by atoms with Crippen LogP contribution >= 0.6 is 0 Å². The molecule has 0 unspecified atom stereocenters. The van der Waals surface area contributed by atoms with E-state index in [-0.39, 0.29) is 0 Å². The summed E-state index contributed by atoms with van der Waals surface area (Å²) in [7, 11) is 1.93. The molecule has 1 fully saturated rings. The molecule has 4 aromatic heterocycles. The Bertz CT molecular complexity index is 1040. The lowest BCUT2D eigenvalue weighted by molar-refractivity contribution is 0.206. The summed E-state index contributed by atoms with van der Waals surface area (Å²) < 4.78 is 5.90. The number of nitrogens with zero attached hydrogens (tertiary/aromatic N) is 8. The predicted octanol–water partition coefficient (Wildman–Crippen LogP) is 1.71. The van der Waals surface area contributed by atoms with E-state index >= 15 is 0 Å². The summed E-state index contributed by atoms with van der Waals surface area (Å²) in [5, 5.41) is 8.84. The van der Waals surface area contributed by atoms with Gasteiger partial charge >= 0.3 is 0 Å². The number of pyridine rings is 1. The van der Waals surface area contributed by atoms with Crippen LogP contribution in [0.2, 0.25) is 0 Å². The van der Waals surface area contributed by atoms with Crippen LogP contribution in [0, 0.1) is 0 Å². The molecule has 8 heteroatoms. The number of hydrogen-bond acceptors (Lipinski definition) is 5. The van der Waals surface area contributed by atoms with Crippen LogP contribution in [-0.2, 0) is 13.7 Å².